The average molecular weight is 853 g/mol. The number of benzene rings is 2. The summed E-state index contributed by atoms with van der Waals surface area (Å²) < 4.78 is 13.8. The van der Waals surface area contributed by atoms with E-state index in [0.717, 1.165) is 48.7 Å². The summed E-state index contributed by atoms with van der Waals surface area (Å²) in [5, 5.41) is 31.5. The van der Waals surface area contributed by atoms with Crippen molar-refractivity contribution in [2.45, 2.75) is 130 Å². The van der Waals surface area contributed by atoms with Gasteiger partial charge in [-0.05, 0) is 182 Å². The van der Waals surface area contributed by atoms with E-state index >= 15 is 0 Å². The Kier molecular flexibility index (Phi) is 26.4. The van der Waals surface area contributed by atoms with Gasteiger partial charge in [0.15, 0.2) is 0 Å². The molecule has 0 radical (unpaired) electrons. The van der Waals surface area contributed by atoms with Gasteiger partial charge in [-0.15, -0.1) is 0 Å². The summed E-state index contributed by atoms with van der Waals surface area (Å²) in [6, 6.07) is 16.5. The van der Waals surface area contributed by atoms with Crippen LogP contribution in [0.4, 0.5) is 4.39 Å². The van der Waals surface area contributed by atoms with E-state index in [2.05, 4.69) is 104 Å². The zero-order valence-corrected chi connectivity index (χ0v) is 39.7. The molecule has 2 aliphatic carbocycles. The Hall–Kier alpha value is -4.70. The number of aryl methyl sites for hydroxylation is 2. The largest absolute Gasteiger partial charge is 0.386 e. The molecule has 342 valence electrons. The number of allylic oxidation sites excluding steroid dienone is 5. The highest BCUT2D eigenvalue weighted by molar-refractivity contribution is 6.02. The first-order valence-corrected chi connectivity index (χ1v) is 22.4. The van der Waals surface area contributed by atoms with Gasteiger partial charge in [-0.1, -0.05) is 100 Å². The van der Waals surface area contributed by atoms with E-state index in [4.69, 9.17) is 15.3 Å². The zero-order valence-electron chi connectivity index (χ0n) is 39.7. The lowest BCUT2D eigenvalue weighted by molar-refractivity contribution is -0.0980. The molecule has 1 saturated carbocycles. The van der Waals surface area contributed by atoms with Crippen molar-refractivity contribution < 1.29 is 14.3 Å². The summed E-state index contributed by atoms with van der Waals surface area (Å²) in [4.78, 5) is 8.00. The number of rotatable bonds is 17. The monoisotopic (exact) mass is 853 g/mol. The number of aliphatic hydroxyl groups is 1. The van der Waals surface area contributed by atoms with Crippen LogP contribution in [0.3, 0.4) is 0 Å². The molecule has 6 N–H and O–H groups in total. The van der Waals surface area contributed by atoms with Crippen molar-refractivity contribution in [2.75, 3.05) is 27.2 Å². The molecule has 5 rings (SSSR count). The highest BCUT2D eigenvalue weighted by Crippen LogP contribution is 2.36. The van der Waals surface area contributed by atoms with Crippen LogP contribution in [-0.4, -0.2) is 72.8 Å². The van der Waals surface area contributed by atoms with Gasteiger partial charge in [-0.2, -0.15) is 5.10 Å². The molecule has 1 heterocycles. The number of nitrogens with two attached hydrogens (primary N) is 1. The summed E-state index contributed by atoms with van der Waals surface area (Å²) in [5.74, 6) is 1.04. The number of alkyl halides is 1. The van der Waals surface area contributed by atoms with E-state index in [1.165, 1.54) is 106 Å². The lowest BCUT2D eigenvalue weighted by Gasteiger charge is -2.32. The van der Waals surface area contributed by atoms with Crippen molar-refractivity contribution in [2.24, 2.45) is 22.7 Å². The molecule has 0 amide bonds. The number of halogens is 1. The standard InChI is InChI=1S/C25H36FN3O.C22H31N.C4H7N.CH5N.CH2O/c1-17-10-12-20(13-11-17)29-16-19-14-18(8-6-7-9-23(27)24(2,3)26)21(25(4,5)30)15-22(19)28-29;1-4-21-10-8-11-22(18(21)2)17-20-14-12-19(13-15-20)9-6-5-7-16-23-3;1-3-5-4-2;2*1-2/h6-9,14-15,17,19-20,27,30H,10-13,16H2,1-5H3;8,10-15,23H,4-7,9,16-17H2,1-3H3;3-5H,1-2H2;2H2,1H3;1H2/b8-6+,9-7-,27-23?;;;;. The predicted octanol–water partition coefficient (Wildman–Crippen LogP) is 10.7. The van der Waals surface area contributed by atoms with Crippen molar-refractivity contribution in [3.63, 3.8) is 0 Å². The van der Waals surface area contributed by atoms with E-state index in [0.29, 0.717) is 6.04 Å². The second-order valence-corrected chi connectivity index (χ2v) is 17.0. The van der Waals surface area contributed by atoms with E-state index in [-0.39, 0.29) is 11.6 Å². The minimum Gasteiger partial charge on any atom is -0.386 e. The number of carbonyl (C=O) groups excluding carboxylic acids is 1. The molecule has 2 aromatic rings. The van der Waals surface area contributed by atoms with E-state index in [9.17, 15) is 9.50 Å². The summed E-state index contributed by atoms with van der Waals surface area (Å²) in [5.41, 5.74) is 11.9. The number of fused-ring (bicyclic) bond motifs is 1. The van der Waals surface area contributed by atoms with E-state index in [1.54, 1.807) is 32.3 Å². The third-order valence-corrected chi connectivity index (χ3v) is 11.3. The number of hydrogen-bond acceptors (Lipinski definition) is 8. The van der Waals surface area contributed by atoms with Gasteiger partial charge in [0.05, 0.1) is 17.0 Å². The van der Waals surface area contributed by atoms with Crippen LogP contribution in [0.25, 0.3) is 0 Å². The summed E-state index contributed by atoms with van der Waals surface area (Å²) >= 11 is 0. The van der Waals surface area contributed by atoms with Gasteiger partial charge in [0.25, 0.3) is 0 Å². The number of hydrazone groups is 1. The molecule has 1 atom stereocenters. The molecule has 0 spiro atoms. The fourth-order valence-corrected chi connectivity index (χ4v) is 7.57. The Labute approximate surface area is 375 Å². The number of nitrogens with zero attached hydrogens (tertiary/aromatic N) is 2. The predicted molar refractivity (Wildman–Crippen MR) is 265 cm³/mol. The van der Waals surface area contributed by atoms with Crippen LogP contribution < -0.4 is 16.4 Å². The molecular weight excluding hydrogens is 772 g/mol. The van der Waals surface area contributed by atoms with Crippen molar-refractivity contribution in [1.82, 2.24) is 15.6 Å². The minimum atomic E-state index is -1.65. The third-order valence-electron chi connectivity index (χ3n) is 11.3. The van der Waals surface area contributed by atoms with Crippen LogP contribution >= 0.6 is 0 Å². The fraction of sp³-hybridized carbons (Fsp3) is 0.491. The molecule has 1 fully saturated rings. The molecule has 0 saturated heterocycles. The van der Waals surface area contributed by atoms with Gasteiger partial charge in [0.2, 0.25) is 0 Å². The normalized spacial score (nSPS) is 18.2. The molecule has 3 aliphatic rings. The van der Waals surface area contributed by atoms with Gasteiger partial charge in [0.1, 0.15) is 12.5 Å². The van der Waals surface area contributed by atoms with Gasteiger partial charge in [-0.25, -0.2) is 4.39 Å². The third kappa shape index (κ3) is 19.6. The molecule has 8 nitrogen and oxygen atoms in total. The van der Waals surface area contributed by atoms with E-state index in [1.807, 2.05) is 32.1 Å². The molecule has 1 aliphatic heterocycles. The lowest BCUT2D eigenvalue weighted by atomic mass is 9.81. The maximum absolute atomic E-state index is 13.8. The Bertz CT molecular complexity index is 1780. The number of hydrogen-bond donors (Lipinski definition) is 5. The highest BCUT2D eigenvalue weighted by Gasteiger charge is 2.35. The fourth-order valence-electron chi connectivity index (χ4n) is 7.57. The molecular formula is C53H81FN6O2. The van der Waals surface area contributed by atoms with Crippen molar-refractivity contribution >= 4 is 18.2 Å². The molecule has 0 bridgehead atoms. The topological polar surface area (TPSA) is 127 Å². The molecule has 62 heavy (non-hydrogen) atoms. The van der Waals surface area contributed by atoms with Gasteiger partial charge in [-0.3, -0.25) is 5.01 Å². The SMILES string of the molecule is C=CNC=C.C=O.CC1CCC(N2CC3C=C(/C=C/C=C\C(=N)C(C)(C)F)C(C(C)(C)O)=CC3=N2)CC1.CCc1cccc(Cc2ccc(CCCCCNC)cc2)c1C.CN. The number of unbranched alkanes of at least 4 members (excludes halogenated alkanes) is 2. The van der Waals surface area contributed by atoms with Crippen molar-refractivity contribution in [3.05, 3.63) is 143 Å². The van der Waals surface area contributed by atoms with Gasteiger partial charge < -0.3 is 31.7 Å². The Morgan fingerprint density at radius 3 is 2.13 bits per heavy atom. The highest BCUT2D eigenvalue weighted by atomic mass is 19.1. The van der Waals surface area contributed by atoms with Crippen LogP contribution in [0.5, 0.6) is 0 Å². The summed E-state index contributed by atoms with van der Waals surface area (Å²) in [7, 11) is 3.52. The Balaban J connectivity index is 0.000000533. The van der Waals surface area contributed by atoms with E-state index < -0.39 is 11.3 Å². The first kappa shape index (κ1) is 55.3. The maximum atomic E-state index is 13.8. The second kappa shape index (κ2) is 29.6. The van der Waals surface area contributed by atoms with Crippen LogP contribution in [0.15, 0.2) is 121 Å². The summed E-state index contributed by atoms with van der Waals surface area (Å²) in [6.45, 7) is 23.9. The van der Waals surface area contributed by atoms with Crippen LogP contribution in [0, 0.1) is 24.2 Å². The van der Waals surface area contributed by atoms with Crippen molar-refractivity contribution in [1.29, 1.82) is 5.41 Å². The van der Waals surface area contributed by atoms with Crippen LogP contribution in [0.1, 0.15) is 114 Å². The average Bonchev–Trinajstić information content (AvgIpc) is 3.68. The molecule has 1 unspecified atom stereocenters. The molecule has 9 heteroatoms. The van der Waals surface area contributed by atoms with Crippen LogP contribution in [0.2, 0.25) is 0 Å². The second-order valence-electron chi connectivity index (χ2n) is 17.0. The quantitative estimate of drug-likeness (QED) is 0.0613. The molecule has 2 aromatic carbocycles. The minimum absolute atomic E-state index is 0.0642. The Morgan fingerprint density at radius 2 is 1.58 bits per heavy atom. The zero-order chi connectivity index (χ0) is 46.7. The Morgan fingerprint density at radius 1 is 0.968 bits per heavy atom. The number of nitrogens with one attached hydrogen (secondary N) is 3. The van der Waals surface area contributed by atoms with Crippen molar-refractivity contribution in [3.8, 4) is 0 Å². The first-order chi connectivity index (χ1) is 29.6. The van der Waals surface area contributed by atoms with Gasteiger partial charge in [0, 0.05) is 18.5 Å². The first-order valence-electron chi connectivity index (χ1n) is 22.4. The van der Waals surface area contributed by atoms with Crippen LogP contribution in [-0.2, 0) is 24.1 Å². The molecule has 0 aromatic heterocycles. The van der Waals surface area contributed by atoms with Gasteiger partial charge >= 0.3 is 0 Å². The number of carbonyl (C=O) groups is 1. The summed E-state index contributed by atoms with van der Waals surface area (Å²) in [6.07, 6.45) is 26.4. The maximum Gasteiger partial charge on any atom is 0.146 e. The lowest BCUT2D eigenvalue weighted by Crippen LogP contribution is -2.34. The smallest absolute Gasteiger partial charge is 0.146 e.